The fourth-order valence-corrected chi connectivity index (χ4v) is 5.00. The van der Waals surface area contributed by atoms with Gasteiger partial charge in [-0.05, 0) is 17.7 Å². The molecule has 0 bridgehead atoms. The van der Waals surface area contributed by atoms with E-state index in [9.17, 15) is 14.7 Å². The lowest BCUT2D eigenvalue weighted by molar-refractivity contribution is -0.350. The summed E-state index contributed by atoms with van der Waals surface area (Å²) >= 11 is 0. The predicted octanol–water partition coefficient (Wildman–Crippen LogP) is 3.07. The number of carbonyl (C=O) groups is 2. The molecule has 8 heteroatoms. The van der Waals surface area contributed by atoms with E-state index < -0.39 is 48.7 Å². The van der Waals surface area contributed by atoms with Crippen LogP contribution in [-0.2, 0) is 25.6 Å². The third kappa shape index (κ3) is 4.03. The van der Waals surface area contributed by atoms with Gasteiger partial charge < -0.3 is 24.1 Å². The largest absolute Gasteiger partial charge is 0.388 e. The Balaban J connectivity index is 1.31. The zero-order chi connectivity index (χ0) is 24.6. The summed E-state index contributed by atoms with van der Waals surface area (Å²) < 4.78 is 24.3. The van der Waals surface area contributed by atoms with Crippen molar-refractivity contribution in [1.29, 1.82) is 0 Å². The number of rotatable bonds is 5. The molecular formula is C28H25NO7. The van der Waals surface area contributed by atoms with Gasteiger partial charge in [0.1, 0.15) is 24.4 Å². The second-order valence-electron chi connectivity index (χ2n) is 9.02. The molecule has 0 saturated carbocycles. The summed E-state index contributed by atoms with van der Waals surface area (Å²) in [6.45, 7) is 0.324. The minimum Gasteiger partial charge on any atom is -0.388 e. The molecule has 0 radical (unpaired) electrons. The Bertz CT molecular complexity index is 1220. The predicted molar refractivity (Wildman–Crippen MR) is 127 cm³/mol. The quantitative estimate of drug-likeness (QED) is 0.553. The monoisotopic (exact) mass is 487 g/mol. The molecule has 1 N–H and O–H groups in total. The average Bonchev–Trinajstić information content (AvgIpc) is 3.18. The lowest BCUT2D eigenvalue weighted by Crippen LogP contribution is -2.67. The topological polar surface area (TPSA) is 94.5 Å². The van der Waals surface area contributed by atoms with Gasteiger partial charge in [-0.15, -0.1) is 0 Å². The maximum Gasteiger partial charge on any atom is 0.262 e. The van der Waals surface area contributed by atoms with Crippen LogP contribution in [0.1, 0.15) is 38.1 Å². The Morgan fingerprint density at radius 2 is 1.44 bits per heavy atom. The molecule has 3 aliphatic rings. The fourth-order valence-electron chi connectivity index (χ4n) is 5.00. The summed E-state index contributed by atoms with van der Waals surface area (Å²) in [5, 5.41) is 11.6. The van der Waals surface area contributed by atoms with Crippen molar-refractivity contribution in [2.45, 2.75) is 43.5 Å². The van der Waals surface area contributed by atoms with Crippen LogP contribution in [0.2, 0.25) is 0 Å². The van der Waals surface area contributed by atoms with E-state index in [2.05, 4.69) is 0 Å². The fraction of sp³-hybridized carbons (Fsp3) is 0.286. The first-order valence-electron chi connectivity index (χ1n) is 11.9. The van der Waals surface area contributed by atoms with Crippen molar-refractivity contribution in [3.05, 3.63) is 107 Å². The summed E-state index contributed by atoms with van der Waals surface area (Å²) in [5.74, 6) is -0.997. The second kappa shape index (κ2) is 9.57. The Hall–Kier alpha value is -3.40. The van der Waals surface area contributed by atoms with Crippen LogP contribution in [0.5, 0.6) is 0 Å². The molecule has 6 unspecified atom stereocenters. The Morgan fingerprint density at radius 3 is 2.11 bits per heavy atom. The second-order valence-corrected chi connectivity index (χ2v) is 9.02. The lowest BCUT2D eigenvalue weighted by atomic mass is 9.94. The molecule has 184 valence electrons. The summed E-state index contributed by atoms with van der Waals surface area (Å²) in [7, 11) is 0. The van der Waals surface area contributed by atoms with E-state index >= 15 is 0 Å². The Labute approximate surface area is 208 Å². The van der Waals surface area contributed by atoms with Crippen LogP contribution in [0.25, 0.3) is 0 Å². The molecule has 2 fully saturated rings. The van der Waals surface area contributed by atoms with Crippen molar-refractivity contribution < 1.29 is 33.6 Å². The molecule has 0 aromatic heterocycles. The Kier molecular flexibility index (Phi) is 6.12. The molecule has 6 atom stereocenters. The minimum atomic E-state index is -1.26. The van der Waals surface area contributed by atoms with Crippen molar-refractivity contribution >= 4 is 11.8 Å². The van der Waals surface area contributed by atoms with Gasteiger partial charge in [0, 0.05) is 5.56 Å². The molecule has 2 saturated heterocycles. The minimum absolute atomic E-state index is 0.154. The normalized spacial score (nSPS) is 29.6. The molecule has 0 spiro atoms. The number of aliphatic hydroxyl groups excluding tert-OH is 1. The summed E-state index contributed by atoms with van der Waals surface area (Å²) in [5.41, 5.74) is 2.25. The molecule has 36 heavy (non-hydrogen) atoms. The smallest absolute Gasteiger partial charge is 0.262 e. The summed E-state index contributed by atoms with van der Waals surface area (Å²) in [4.78, 5) is 27.7. The van der Waals surface area contributed by atoms with E-state index in [0.717, 1.165) is 16.0 Å². The first kappa shape index (κ1) is 23.0. The van der Waals surface area contributed by atoms with Crippen LogP contribution in [-0.4, -0.2) is 59.1 Å². The number of amides is 2. The van der Waals surface area contributed by atoms with Crippen LogP contribution in [0.3, 0.4) is 0 Å². The highest BCUT2D eigenvalue weighted by molar-refractivity contribution is 6.21. The lowest BCUT2D eigenvalue weighted by Gasteiger charge is -2.49. The van der Waals surface area contributed by atoms with Crippen molar-refractivity contribution in [2.24, 2.45) is 0 Å². The molecular weight excluding hydrogens is 462 g/mol. The Morgan fingerprint density at radius 1 is 0.833 bits per heavy atom. The zero-order valence-corrected chi connectivity index (χ0v) is 19.3. The highest BCUT2D eigenvalue weighted by Crippen LogP contribution is 2.38. The van der Waals surface area contributed by atoms with E-state index in [4.69, 9.17) is 18.9 Å². The molecule has 3 aromatic rings. The van der Waals surface area contributed by atoms with E-state index in [1.165, 1.54) is 0 Å². The van der Waals surface area contributed by atoms with E-state index in [-0.39, 0.29) is 24.3 Å². The maximum absolute atomic E-state index is 13.3. The maximum atomic E-state index is 13.3. The highest BCUT2D eigenvalue weighted by atomic mass is 16.7. The van der Waals surface area contributed by atoms with Gasteiger partial charge in [-0.3, -0.25) is 14.5 Å². The number of hydrogen-bond acceptors (Lipinski definition) is 7. The SMILES string of the molecule is O=C1c2ccccc2C(=O)N1C1C(OCc2ccccc2)OC2COC(c3ccccc3)OC2C1O. The first-order valence-corrected chi connectivity index (χ1v) is 11.9. The van der Waals surface area contributed by atoms with Gasteiger partial charge in [0.2, 0.25) is 0 Å². The number of fused-ring (bicyclic) bond motifs is 2. The first-order chi connectivity index (χ1) is 17.6. The van der Waals surface area contributed by atoms with E-state index in [1.54, 1.807) is 24.3 Å². The van der Waals surface area contributed by atoms with Gasteiger partial charge in [0.15, 0.2) is 12.6 Å². The molecule has 0 aliphatic carbocycles. The summed E-state index contributed by atoms with van der Waals surface area (Å²) in [6, 6.07) is 24.3. The van der Waals surface area contributed by atoms with E-state index in [0.29, 0.717) is 0 Å². The van der Waals surface area contributed by atoms with Gasteiger partial charge in [-0.25, -0.2) is 0 Å². The number of aliphatic hydroxyl groups is 1. The third-order valence-corrected chi connectivity index (χ3v) is 6.79. The number of benzene rings is 3. The number of ether oxygens (including phenoxy) is 4. The van der Waals surface area contributed by atoms with Crippen molar-refractivity contribution in [3.8, 4) is 0 Å². The molecule has 3 aliphatic heterocycles. The number of nitrogens with zero attached hydrogens (tertiary/aromatic N) is 1. The van der Waals surface area contributed by atoms with Crippen molar-refractivity contribution in [2.75, 3.05) is 6.61 Å². The van der Waals surface area contributed by atoms with Crippen LogP contribution < -0.4 is 0 Å². The number of carbonyl (C=O) groups excluding carboxylic acids is 2. The standard InChI is InChI=1S/C28H25NO7/c30-23-22(29-25(31)19-13-7-8-14-20(19)26(29)32)28(33-15-17-9-3-1-4-10-17)35-21-16-34-27(36-24(21)23)18-11-5-2-6-12-18/h1-14,21-24,27-28,30H,15-16H2. The average molecular weight is 488 g/mol. The number of hydrogen-bond donors (Lipinski definition) is 1. The van der Waals surface area contributed by atoms with Crippen molar-refractivity contribution in [1.82, 2.24) is 4.90 Å². The van der Waals surface area contributed by atoms with Gasteiger partial charge >= 0.3 is 0 Å². The van der Waals surface area contributed by atoms with Crippen molar-refractivity contribution in [3.63, 3.8) is 0 Å². The highest BCUT2D eigenvalue weighted by Gasteiger charge is 2.55. The zero-order valence-electron chi connectivity index (χ0n) is 19.3. The van der Waals surface area contributed by atoms with Crippen LogP contribution in [0, 0.1) is 0 Å². The van der Waals surface area contributed by atoms with Crippen LogP contribution >= 0.6 is 0 Å². The van der Waals surface area contributed by atoms with E-state index in [1.807, 2.05) is 60.7 Å². The molecule has 3 aromatic carbocycles. The van der Waals surface area contributed by atoms with Gasteiger partial charge in [-0.2, -0.15) is 0 Å². The third-order valence-electron chi connectivity index (χ3n) is 6.79. The number of imide groups is 1. The van der Waals surface area contributed by atoms with Crippen LogP contribution in [0.15, 0.2) is 84.9 Å². The van der Waals surface area contributed by atoms with Gasteiger partial charge in [0.25, 0.3) is 11.8 Å². The van der Waals surface area contributed by atoms with Gasteiger partial charge in [-0.1, -0.05) is 72.8 Å². The molecule has 8 nitrogen and oxygen atoms in total. The molecule has 6 rings (SSSR count). The van der Waals surface area contributed by atoms with Crippen LogP contribution in [0.4, 0.5) is 0 Å². The molecule has 2 amide bonds. The molecule has 3 heterocycles. The summed E-state index contributed by atoms with van der Waals surface area (Å²) in [6.07, 6.45) is -4.54. The van der Waals surface area contributed by atoms with Gasteiger partial charge in [0.05, 0.1) is 24.3 Å².